The van der Waals surface area contributed by atoms with Gasteiger partial charge < -0.3 is 4.74 Å². The first-order valence-corrected chi connectivity index (χ1v) is 7.37. The Morgan fingerprint density at radius 2 is 1.50 bits per heavy atom. The molecule has 0 radical (unpaired) electrons. The highest BCUT2D eigenvalue weighted by atomic mass is 16.5. The van der Waals surface area contributed by atoms with Crippen molar-refractivity contribution >= 4 is 0 Å². The molecular formula is C19H24O. The first kappa shape index (κ1) is 14.8. The Labute approximate surface area is 122 Å². The highest BCUT2D eigenvalue weighted by molar-refractivity contribution is 5.37. The normalized spacial score (nSPS) is 12.7. The summed E-state index contributed by atoms with van der Waals surface area (Å²) < 4.78 is 5.77. The van der Waals surface area contributed by atoms with Crippen molar-refractivity contribution in [1.29, 1.82) is 0 Å². The van der Waals surface area contributed by atoms with Gasteiger partial charge in [0.15, 0.2) is 0 Å². The molecule has 20 heavy (non-hydrogen) atoms. The second-order valence-electron chi connectivity index (χ2n) is 5.49. The lowest BCUT2D eigenvalue weighted by Crippen LogP contribution is -2.06. The molecule has 1 heteroatoms. The van der Waals surface area contributed by atoms with E-state index in [2.05, 4.69) is 69.3 Å². The summed E-state index contributed by atoms with van der Waals surface area (Å²) in [6, 6.07) is 17.3. The predicted octanol–water partition coefficient (Wildman–Crippen LogP) is 5.11. The molecule has 0 heterocycles. The highest BCUT2D eigenvalue weighted by Gasteiger charge is 2.16. The predicted molar refractivity (Wildman–Crippen MR) is 85.2 cm³/mol. The van der Waals surface area contributed by atoms with Gasteiger partial charge in [0.1, 0.15) is 6.10 Å². The molecule has 106 valence electrons. The maximum absolute atomic E-state index is 5.77. The van der Waals surface area contributed by atoms with Gasteiger partial charge in [0.2, 0.25) is 0 Å². The zero-order chi connectivity index (χ0) is 14.5. The zero-order valence-electron chi connectivity index (χ0n) is 12.9. The van der Waals surface area contributed by atoms with Crippen LogP contribution in [0.25, 0.3) is 0 Å². The summed E-state index contributed by atoms with van der Waals surface area (Å²) in [6.45, 7) is 6.62. The molecule has 0 spiro atoms. The summed E-state index contributed by atoms with van der Waals surface area (Å²) in [5.74, 6) is 0.563. The average molecular weight is 268 g/mol. The Balaban J connectivity index is 2.36. The van der Waals surface area contributed by atoms with Crippen LogP contribution in [0, 0.1) is 0 Å². The van der Waals surface area contributed by atoms with E-state index >= 15 is 0 Å². The second kappa shape index (κ2) is 6.71. The third kappa shape index (κ3) is 3.10. The van der Waals surface area contributed by atoms with Gasteiger partial charge >= 0.3 is 0 Å². The molecule has 0 aliphatic carbocycles. The second-order valence-corrected chi connectivity index (χ2v) is 5.49. The minimum atomic E-state index is 0.0207. The molecule has 0 aliphatic heterocycles. The summed E-state index contributed by atoms with van der Waals surface area (Å²) in [5.41, 5.74) is 5.22. The van der Waals surface area contributed by atoms with Gasteiger partial charge in [-0.05, 0) is 34.6 Å². The SMILES string of the molecule is CCc1ccccc1C(OC)c1ccc(C(C)C)cc1. The lowest BCUT2D eigenvalue weighted by Gasteiger charge is -2.20. The van der Waals surface area contributed by atoms with Crippen molar-refractivity contribution in [3.63, 3.8) is 0 Å². The monoisotopic (exact) mass is 268 g/mol. The summed E-state index contributed by atoms with van der Waals surface area (Å²) in [6.07, 6.45) is 1.05. The Morgan fingerprint density at radius 3 is 2.05 bits per heavy atom. The lowest BCUT2D eigenvalue weighted by atomic mass is 9.93. The fourth-order valence-electron chi connectivity index (χ4n) is 2.61. The van der Waals surface area contributed by atoms with Gasteiger partial charge in [-0.15, -0.1) is 0 Å². The first-order valence-electron chi connectivity index (χ1n) is 7.37. The highest BCUT2D eigenvalue weighted by Crippen LogP contribution is 2.29. The maximum atomic E-state index is 5.77. The fourth-order valence-corrected chi connectivity index (χ4v) is 2.61. The number of hydrogen-bond donors (Lipinski definition) is 0. The summed E-state index contributed by atoms with van der Waals surface area (Å²) >= 11 is 0. The van der Waals surface area contributed by atoms with Crippen LogP contribution in [0.5, 0.6) is 0 Å². The number of benzene rings is 2. The van der Waals surface area contributed by atoms with E-state index in [0.717, 1.165) is 6.42 Å². The van der Waals surface area contributed by atoms with E-state index in [1.54, 1.807) is 7.11 Å². The lowest BCUT2D eigenvalue weighted by molar-refractivity contribution is 0.135. The number of methoxy groups -OCH3 is 1. The van der Waals surface area contributed by atoms with E-state index in [1.165, 1.54) is 22.3 Å². The average Bonchev–Trinajstić information content (AvgIpc) is 2.49. The smallest absolute Gasteiger partial charge is 0.107 e. The third-order valence-corrected chi connectivity index (χ3v) is 3.86. The molecule has 0 aliphatic rings. The van der Waals surface area contributed by atoms with Crippen LogP contribution < -0.4 is 0 Å². The van der Waals surface area contributed by atoms with Crippen LogP contribution >= 0.6 is 0 Å². The fraction of sp³-hybridized carbons (Fsp3) is 0.368. The molecule has 1 atom stereocenters. The van der Waals surface area contributed by atoms with Crippen molar-refractivity contribution in [3.05, 3.63) is 70.8 Å². The molecular weight excluding hydrogens is 244 g/mol. The topological polar surface area (TPSA) is 9.23 Å². The number of rotatable bonds is 5. The standard InChI is InChI=1S/C19H24O/c1-5-15-8-6-7-9-18(15)19(20-4)17-12-10-16(11-13-17)14(2)3/h6-14,19H,5H2,1-4H3. The van der Waals surface area contributed by atoms with Crippen LogP contribution in [0.4, 0.5) is 0 Å². The molecule has 2 aromatic carbocycles. The number of hydrogen-bond acceptors (Lipinski definition) is 1. The van der Waals surface area contributed by atoms with Crippen molar-refractivity contribution in [2.24, 2.45) is 0 Å². The molecule has 0 saturated heterocycles. The minimum Gasteiger partial charge on any atom is -0.372 e. The summed E-state index contributed by atoms with van der Waals surface area (Å²) in [7, 11) is 1.79. The van der Waals surface area contributed by atoms with Gasteiger partial charge in [0.25, 0.3) is 0 Å². The van der Waals surface area contributed by atoms with Gasteiger partial charge in [-0.3, -0.25) is 0 Å². The Hall–Kier alpha value is -1.60. The van der Waals surface area contributed by atoms with E-state index in [1.807, 2.05) is 0 Å². The van der Waals surface area contributed by atoms with E-state index in [4.69, 9.17) is 4.74 Å². The molecule has 0 saturated carbocycles. The van der Waals surface area contributed by atoms with Crippen LogP contribution in [0.15, 0.2) is 48.5 Å². The van der Waals surface area contributed by atoms with Crippen LogP contribution in [0.1, 0.15) is 55.0 Å². The molecule has 1 unspecified atom stereocenters. The maximum Gasteiger partial charge on any atom is 0.107 e. The largest absolute Gasteiger partial charge is 0.372 e. The Bertz CT molecular complexity index is 540. The van der Waals surface area contributed by atoms with Gasteiger partial charge in [-0.1, -0.05) is 69.3 Å². The van der Waals surface area contributed by atoms with E-state index < -0.39 is 0 Å². The Kier molecular flexibility index (Phi) is 4.97. The molecule has 0 aromatic heterocycles. The van der Waals surface area contributed by atoms with Gasteiger partial charge in [0.05, 0.1) is 0 Å². The molecule has 1 nitrogen and oxygen atoms in total. The van der Waals surface area contributed by atoms with Crippen LogP contribution in [-0.4, -0.2) is 7.11 Å². The molecule has 0 N–H and O–H groups in total. The van der Waals surface area contributed by atoms with Crippen LogP contribution in [0.3, 0.4) is 0 Å². The summed E-state index contributed by atoms with van der Waals surface area (Å²) in [5, 5.41) is 0. The van der Waals surface area contributed by atoms with Crippen molar-refractivity contribution in [2.45, 2.75) is 39.2 Å². The number of aryl methyl sites for hydroxylation is 1. The van der Waals surface area contributed by atoms with Crippen molar-refractivity contribution in [2.75, 3.05) is 7.11 Å². The molecule has 0 amide bonds. The van der Waals surface area contributed by atoms with Crippen molar-refractivity contribution in [1.82, 2.24) is 0 Å². The molecule has 2 rings (SSSR count). The van der Waals surface area contributed by atoms with Gasteiger partial charge in [-0.25, -0.2) is 0 Å². The van der Waals surface area contributed by atoms with Gasteiger partial charge in [0, 0.05) is 7.11 Å². The molecule has 0 bridgehead atoms. The quantitative estimate of drug-likeness (QED) is 0.732. The van der Waals surface area contributed by atoms with E-state index in [9.17, 15) is 0 Å². The first-order chi connectivity index (χ1) is 9.67. The van der Waals surface area contributed by atoms with Gasteiger partial charge in [-0.2, -0.15) is 0 Å². The van der Waals surface area contributed by atoms with Crippen molar-refractivity contribution in [3.8, 4) is 0 Å². The molecule has 0 fully saturated rings. The van der Waals surface area contributed by atoms with Crippen molar-refractivity contribution < 1.29 is 4.74 Å². The van der Waals surface area contributed by atoms with Crippen LogP contribution in [-0.2, 0) is 11.2 Å². The zero-order valence-corrected chi connectivity index (χ0v) is 12.9. The van der Waals surface area contributed by atoms with E-state index in [0.29, 0.717) is 5.92 Å². The molecule has 2 aromatic rings. The minimum absolute atomic E-state index is 0.0207. The van der Waals surface area contributed by atoms with Crippen LogP contribution in [0.2, 0.25) is 0 Å². The number of ether oxygens (including phenoxy) is 1. The third-order valence-electron chi connectivity index (χ3n) is 3.86. The summed E-state index contributed by atoms with van der Waals surface area (Å²) in [4.78, 5) is 0. The van der Waals surface area contributed by atoms with E-state index in [-0.39, 0.29) is 6.10 Å². The Morgan fingerprint density at radius 1 is 0.900 bits per heavy atom.